The number of fused-ring (bicyclic) bond motifs is 1. The highest BCUT2D eigenvalue weighted by Gasteiger charge is 2.32. The Morgan fingerprint density at radius 3 is 2.80 bits per heavy atom. The van der Waals surface area contributed by atoms with Crippen molar-refractivity contribution in [2.45, 2.75) is 84.5 Å². The third-order valence-corrected chi connectivity index (χ3v) is 7.10. The zero-order chi connectivity index (χ0) is 25.0. The maximum Gasteiger partial charge on any atom is 0.252 e. The number of pyridine rings is 1. The Kier molecular flexibility index (Phi) is 7.86. The summed E-state index contributed by atoms with van der Waals surface area (Å²) in [7, 11) is 0. The van der Waals surface area contributed by atoms with Gasteiger partial charge in [0.1, 0.15) is 5.75 Å². The van der Waals surface area contributed by atoms with Crippen molar-refractivity contribution in [2.75, 3.05) is 19.8 Å². The van der Waals surface area contributed by atoms with Crippen LogP contribution in [0.25, 0.3) is 10.9 Å². The Hall–Kier alpha value is -2.78. The van der Waals surface area contributed by atoms with Crippen molar-refractivity contribution < 1.29 is 9.47 Å². The molecule has 0 bridgehead atoms. The minimum absolute atomic E-state index is 0.0510. The summed E-state index contributed by atoms with van der Waals surface area (Å²) in [6, 6.07) is 7.68. The molecule has 35 heavy (non-hydrogen) atoms. The summed E-state index contributed by atoms with van der Waals surface area (Å²) in [5, 5.41) is 13.8. The van der Waals surface area contributed by atoms with Crippen LogP contribution in [0.3, 0.4) is 0 Å². The summed E-state index contributed by atoms with van der Waals surface area (Å²) in [4.78, 5) is 18.5. The van der Waals surface area contributed by atoms with Crippen molar-refractivity contribution >= 4 is 10.9 Å². The average Bonchev–Trinajstić information content (AvgIpc) is 3.53. The molecule has 3 aromatic rings. The van der Waals surface area contributed by atoms with Crippen molar-refractivity contribution in [1.29, 1.82) is 0 Å². The molecule has 3 heterocycles. The molecule has 2 unspecified atom stereocenters. The number of hydrogen-bond donors (Lipinski definition) is 1. The first-order valence-electron chi connectivity index (χ1n) is 12.8. The van der Waals surface area contributed by atoms with E-state index in [0.717, 1.165) is 54.8 Å². The number of tetrazole rings is 1. The lowest BCUT2D eigenvalue weighted by atomic mass is 10.0. The number of aromatic nitrogens is 5. The van der Waals surface area contributed by atoms with Crippen LogP contribution in [0, 0.1) is 0 Å². The summed E-state index contributed by atoms with van der Waals surface area (Å²) >= 11 is 0. The maximum absolute atomic E-state index is 13.1. The van der Waals surface area contributed by atoms with E-state index < -0.39 is 0 Å². The lowest BCUT2D eigenvalue weighted by Gasteiger charge is -2.34. The van der Waals surface area contributed by atoms with E-state index in [1.165, 1.54) is 0 Å². The molecular formula is C26H38N6O3. The van der Waals surface area contributed by atoms with Gasteiger partial charge in [-0.1, -0.05) is 13.8 Å². The van der Waals surface area contributed by atoms with E-state index in [9.17, 15) is 4.79 Å². The van der Waals surface area contributed by atoms with Crippen molar-refractivity contribution in [3.63, 3.8) is 0 Å². The Morgan fingerprint density at radius 1 is 1.29 bits per heavy atom. The van der Waals surface area contributed by atoms with Gasteiger partial charge in [-0.3, -0.25) is 9.69 Å². The quantitative estimate of drug-likeness (QED) is 0.437. The number of aromatic amines is 1. The van der Waals surface area contributed by atoms with Crippen LogP contribution in [-0.4, -0.2) is 56.0 Å². The maximum atomic E-state index is 13.1. The molecule has 1 aliphatic heterocycles. The minimum atomic E-state index is -0.210. The Bertz CT molecular complexity index is 1180. The van der Waals surface area contributed by atoms with E-state index in [2.05, 4.69) is 53.1 Å². The van der Waals surface area contributed by atoms with Crippen molar-refractivity contribution in [3.05, 3.63) is 46.0 Å². The van der Waals surface area contributed by atoms with E-state index >= 15 is 0 Å². The monoisotopic (exact) mass is 482 g/mol. The second kappa shape index (κ2) is 10.9. The largest absolute Gasteiger partial charge is 0.494 e. The molecule has 0 spiro atoms. The first-order valence-corrected chi connectivity index (χ1v) is 12.8. The first-order chi connectivity index (χ1) is 16.9. The van der Waals surface area contributed by atoms with Gasteiger partial charge in [-0.25, -0.2) is 4.68 Å². The second-order valence-corrected chi connectivity index (χ2v) is 9.91. The average molecular weight is 483 g/mol. The van der Waals surface area contributed by atoms with Gasteiger partial charge < -0.3 is 14.5 Å². The van der Waals surface area contributed by atoms with Gasteiger partial charge in [0.2, 0.25) is 0 Å². The Labute approximate surface area is 206 Å². The summed E-state index contributed by atoms with van der Waals surface area (Å²) in [5.74, 6) is 1.62. The molecule has 190 valence electrons. The van der Waals surface area contributed by atoms with Gasteiger partial charge in [0.25, 0.3) is 5.56 Å². The normalized spacial score (nSPS) is 17.4. The van der Waals surface area contributed by atoms with E-state index in [1.807, 2.05) is 35.9 Å². The minimum Gasteiger partial charge on any atom is -0.494 e. The van der Waals surface area contributed by atoms with Crippen molar-refractivity contribution in [2.24, 2.45) is 0 Å². The number of H-pyrrole nitrogens is 1. The van der Waals surface area contributed by atoms with E-state index in [1.54, 1.807) is 0 Å². The van der Waals surface area contributed by atoms with Crippen LogP contribution in [0.15, 0.2) is 29.1 Å². The summed E-state index contributed by atoms with van der Waals surface area (Å²) in [5.41, 5.74) is 1.21. The topological polar surface area (TPSA) is 98.2 Å². The zero-order valence-electron chi connectivity index (χ0n) is 21.6. The third kappa shape index (κ3) is 5.56. The molecule has 1 saturated heterocycles. The fraction of sp³-hybridized carbons (Fsp3) is 0.615. The van der Waals surface area contributed by atoms with Crippen LogP contribution in [-0.2, 0) is 16.8 Å². The van der Waals surface area contributed by atoms with E-state index in [4.69, 9.17) is 9.47 Å². The van der Waals surface area contributed by atoms with E-state index in [0.29, 0.717) is 25.3 Å². The van der Waals surface area contributed by atoms with E-state index in [-0.39, 0.29) is 23.2 Å². The second-order valence-electron chi connectivity index (χ2n) is 9.91. The Morgan fingerprint density at radius 2 is 2.11 bits per heavy atom. The summed E-state index contributed by atoms with van der Waals surface area (Å²) < 4.78 is 13.6. The molecule has 1 fully saturated rings. The van der Waals surface area contributed by atoms with Crippen molar-refractivity contribution in [1.82, 2.24) is 30.1 Å². The number of nitrogens with zero attached hydrogens (tertiary/aromatic N) is 5. The highest BCUT2D eigenvalue weighted by atomic mass is 16.5. The van der Waals surface area contributed by atoms with Crippen LogP contribution in [0.4, 0.5) is 0 Å². The molecule has 0 amide bonds. The molecule has 0 aliphatic carbocycles. The molecule has 9 nitrogen and oxygen atoms in total. The van der Waals surface area contributed by atoms with Gasteiger partial charge in [0, 0.05) is 36.2 Å². The fourth-order valence-electron chi connectivity index (χ4n) is 4.76. The molecule has 2 atom stereocenters. The van der Waals surface area contributed by atoms with Crippen LogP contribution in [0.5, 0.6) is 5.75 Å². The number of hydrogen-bond acceptors (Lipinski definition) is 7. The van der Waals surface area contributed by atoms with Gasteiger partial charge in [-0.05, 0) is 81.1 Å². The van der Waals surface area contributed by atoms with Crippen LogP contribution in [0.2, 0.25) is 0 Å². The van der Waals surface area contributed by atoms with Crippen LogP contribution in [0.1, 0.15) is 77.7 Å². The van der Waals surface area contributed by atoms with Crippen LogP contribution < -0.4 is 10.3 Å². The predicted molar refractivity (Wildman–Crippen MR) is 136 cm³/mol. The number of ether oxygens (including phenoxy) is 2. The van der Waals surface area contributed by atoms with Gasteiger partial charge in [-0.2, -0.15) is 0 Å². The first kappa shape index (κ1) is 25.3. The summed E-state index contributed by atoms with van der Waals surface area (Å²) in [6.45, 7) is 13.1. The third-order valence-electron chi connectivity index (χ3n) is 7.10. The van der Waals surface area contributed by atoms with Gasteiger partial charge >= 0.3 is 0 Å². The lowest BCUT2D eigenvalue weighted by Crippen LogP contribution is -2.39. The molecular weight excluding hydrogens is 444 g/mol. The van der Waals surface area contributed by atoms with Crippen molar-refractivity contribution in [3.8, 4) is 5.75 Å². The number of rotatable bonds is 11. The molecule has 2 aromatic heterocycles. The molecule has 4 rings (SSSR count). The Balaban J connectivity index is 1.71. The molecule has 9 heteroatoms. The molecule has 1 aromatic carbocycles. The SMILES string of the molecule is CCOc1ccc2[nH]c(=O)c(CN(CC3CCCO3)C(CC)c3nnnn3C(C)(C)CC)cc2c1. The zero-order valence-corrected chi connectivity index (χ0v) is 21.6. The molecule has 1 N–H and O–H groups in total. The standard InChI is InChI=1S/C26H38N6O3/c1-6-23(24-28-29-30-32(24)26(4,5)7-2)31(17-21-10-9-13-35-21)16-19-14-18-15-20(34-8-3)11-12-22(18)27-25(19)33/h11-12,14-15,21,23H,6-10,13,16-17H2,1-5H3,(H,27,33). The number of nitrogens with one attached hydrogen (secondary N) is 1. The fourth-order valence-corrected chi connectivity index (χ4v) is 4.76. The highest BCUT2D eigenvalue weighted by Crippen LogP contribution is 2.30. The molecule has 1 aliphatic rings. The smallest absolute Gasteiger partial charge is 0.252 e. The molecule has 0 saturated carbocycles. The summed E-state index contributed by atoms with van der Waals surface area (Å²) in [6.07, 6.45) is 3.93. The van der Waals surface area contributed by atoms with Gasteiger partial charge in [-0.15, -0.1) is 5.10 Å². The highest BCUT2D eigenvalue weighted by molar-refractivity contribution is 5.80. The molecule has 0 radical (unpaired) electrons. The van der Waals surface area contributed by atoms with Crippen LogP contribution >= 0.6 is 0 Å². The lowest BCUT2D eigenvalue weighted by molar-refractivity contribution is 0.0475. The van der Waals surface area contributed by atoms with Gasteiger partial charge in [0.15, 0.2) is 5.82 Å². The predicted octanol–water partition coefficient (Wildman–Crippen LogP) is 4.19. The van der Waals surface area contributed by atoms with Gasteiger partial charge in [0.05, 0.1) is 24.3 Å². The number of benzene rings is 1.